The molecule has 0 radical (unpaired) electrons. The number of anilines is 2. The van der Waals surface area contributed by atoms with Gasteiger partial charge in [-0.3, -0.25) is 10.1 Å². The number of benzene rings is 3. The number of carbonyl (C=O) groups is 2. The third kappa shape index (κ3) is 4.94. The van der Waals surface area contributed by atoms with E-state index in [1.165, 1.54) is 0 Å². The van der Waals surface area contributed by atoms with Gasteiger partial charge in [-0.15, -0.1) is 0 Å². The maximum atomic E-state index is 12.6. The SMILES string of the molecule is CC(C)(C)OC(=O)Nc1ccc2c(c1)N(CCOc1cccc3ccccc13)C(=O)CO2. The number of hydrogen-bond donors (Lipinski definition) is 1. The van der Waals surface area contributed by atoms with E-state index >= 15 is 0 Å². The highest BCUT2D eigenvalue weighted by Gasteiger charge is 2.26. The molecule has 1 N–H and O–H groups in total. The molecule has 0 bridgehead atoms. The van der Waals surface area contributed by atoms with Gasteiger partial charge in [-0.2, -0.15) is 0 Å². The van der Waals surface area contributed by atoms with Gasteiger partial charge < -0.3 is 19.1 Å². The summed E-state index contributed by atoms with van der Waals surface area (Å²) >= 11 is 0. The van der Waals surface area contributed by atoms with E-state index in [2.05, 4.69) is 5.32 Å². The zero-order valence-corrected chi connectivity index (χ0v) is 18.4. The molecule has 0 saturated carbocycles. The molecular weight excluding hydrogens is 408 g/mol. The summed E-state index contributed by atoms with van der Waals surface area (Å²) in [6, 6.07) is 19.0. The maximum absolute atomic E-state index is 12.6. The molecule has 3 aromatic rings. The Morgan fingerprint density at radius 2 is 1.88 bits per heavy atom. The predicted octanol–water partition coefficient (Wildman–Crippen LogP) is 4.99. The van der Waals surface area contributed by atoms with Crippen LogP contribution in [0.2, 0.25) is 0 Å². The van der Waals surface area contributed by atoms with E-state index < -0.39 is 11.7 Å². The Kier molecular flexibility index (Phi) is 5.90. The van der Waals surface area contributed by atoms with Crippen molar-refractivity contribution < 1.29 is 23.8 Å². The van der Waals surface area contributed by atoms with E-state index in [0.29, 0.717) is 30.3 Å². The number of hydrogen-bond acceptors (Lipinski definition) is 5. The van der Waals surface area contributed by atoms with Crippen LogP contribution in [0.25, 0.3) is 10.8 Å². The van der Waals surface area contributed by atoms with E-state index in [4.69, 9.17) is 14.2 Å². The second-order valence-electron chi connectivity index (χ2n) is 8.47. The van der Waals surface area contributed by atoms with Crippen molar-refractivity contribution >= 4 is 34.1 Å². The molecule has 0 fully saturated rings. The Hall–Kier alpha value is -3.74. The van der Waals surface area contributed by atoms with Crippen molar-refractivity contribution in [2.45, 2.75) is 26.4 Å². The lowest BCUT2D eigenvalue weighted by Crippen LogP contribution is -2.41. The van der Waals surface area contributed by atoms with Crippen molar-refractivity contribution in [3.63, 3.8) is 0 Å². The van der Waals surface area contributed by atoms with Crippen molar-refractivity contribution in [2.24, 2.45) is 0 Å². The van der Waals surface area contributed by atoms with Gasteiger partial charge in [-0.1, -0.05) is 36.4 Å². The maximum Gasteiger partial charge on any atom is 0.412 e. The third-order valence-corrected chi connectivity index (χ3v) is 4.87. The van der Waals surface area contributed by atoms with E-state index in [1.807, 2.05) is 42.5 Å². The lowest BCUT2D eigenvalue weighted by Gasteiger charge is -2.30. The normalized spacial score (nSPS) is 13.3. The molecule has 7 heteroatoms. The van der Waals surface area contributed by atoms with E-state index in [0.717, 1.165) is 16.5 Å². The fraction of sp³-hybridized carbons (Fsp3) is 0.280. The quantitative estimate of drug-likeness (QED) is 0.612. The van der Waals surface area contributed by atoms with Gasteiger partial charge in [-0.05, 0) is 50.4 Å². The van der Waals surface area contributed by atoms with Crippen LogP contribution in [-0.2, 0) is 9.53 Å². The van der Waals surface area contributed by atoms with Crippen LogP contribution < -0.4 is 19.7 Å². The zero-order chi connectivity index (χ0) is 22.7. The molecule has 4 rings (SSSR count). The van der Waals surface area contributed by atoms with E-state index in [-0.39, 0.29) is 12.5 Å². The summed E-state index contributed by atoms with van der Waals surface area (Å²) in [5.74, 6) is 1.17. The lowest BCUT2D eigenvalue weighted by atomic mass is 10.1. The second-order valence-corrected chi connectivity index (χ2v) is 8.47. The van der Waals surface area contributed by atoms with E-state index in [1.54, 1.807) is 43.9 Å². The van der Waals surface area contributed by atoms with Crippen molar-refractivity contribution in [2.75, 3.05) is 30.0 Å². The Bertz CT molecular complexity index is 1150. The van der Waals surface area contributed by atoms with Crippen molar-refractivity contribution in [1.29, 1.82) is 0 Å². The summed E-state index contributed by atoms with van der Waals surface area (Å²) in [6.45, 7) is 5.99. The number of carbonyl (C=O) groups excluding carboxylic acids is 2. The highest BCUT2D eigenvalue weighted by molar-refractivity contribution is 5.99. The second kappa shape index (κ2) is 8.78. The Morgan fingerprint density at radius 3 is 2.69 bits per heavy atom. The fourth-order valence-corrected chi connectivity index (χ4v) is 3.51. The summed E-state index contributed by atoms with van der Waals surface area (Å²) < 4.78 is 16.9. The molecule has 0 aromatic heterocycles. The van der Waals surface area contributed by atoms with Crippen molar-refractivity contribution in [3.05, 3.63) is 60.7 Å². The minimum atomic E-state index is -0.609. The molecule has 0 unspecified atom stereocenters. The number of rotatable bonds is 5. The standard InChI is InChI=1S/C25H26N2O5/c1-25(2,3)32-24(29)26-18-11-12-22-20(15-18)27(23(28)16-31-22)13-14-30-21-10-6-8-17-7-4-5-9-19(17)21/h4-12,15H,13-14,16H2,1-3H3,(H,26,29). The average molecular weight is 434 g/mol. The number of amides is 2. The molecule has 0 aliphatic carbocycles. The highest BCUT2D eigenvalue weighted by atomic mass is 16.6. The average Bonchev–Trinajstić information content (AvgIpc) is 2.74. The summed E-state index contributed by atoms with van der Waals surface area (Å²) in [7, 11) is 0. The van der Waals surface area contributed by atoms with Crippen LogP contribution >= 0.6 is 0 Å². The zero-order valence-electron chi connectivity index (χ0n) is 18.4. The summed E-state index contributed by atoms with van der Waals surface area (Å²) in [4.78, 5) is 26.3. The Balaban J connectivity index is 1.48. The van der Waals surface area contributed by atoms with Gasteiger partial charge in [0, 0.05) is 11.1 Å². The van der Waals surface area contributed by atoms with Crippen LogP contribution in [0.4, 0.5) is 16.2 Å². The minimum Gasteiger partial charge on any atom is -0.491 e. The first kappa shape index (κ1) is 21.5. The van der Waals surface area contributed by atoms with Gasteiger partial charge in [0.2, 0.25) is 0 Å². The molecule has 0 saturated heterocycles. The van der Waals surface area contributed by atoms with Crippen LogP contribution in [0.3, 0.4) is 0 Å². The van der Waals surface area contributed by atoms with Crippen LogP contribution in [0, 0.1) is 0 Å². The molecule has 3 aromatic carbocycles. The molecule has 1 heterocycles. The van der Waals surface area contributed by atoms with Gasteiger partial charge in [0.15, 0.2) is 6.61 Å². The number of nitrogens with zero attached hydrogens (tertiary/aromatic N) is 1. The largest absolute Gasteiger partial charge is 0.491 e. The molecule has 2 amide bonds. The van der Waals surface area contributed by atoms with Crippen LogP contribution in [0.1, 0.15) is 20.8 Å². The summed E-state index contributed by atoms with van der Waals surface area (Å²) in [5.41, 5.74) is 0.482. The Morgan fingerprint density at radius 1 is 1.09 bits per heavy atom. The first-order chi connectivity index (χ1) is 15.3. The molecule has 1 aliphatic heterocycles. The van der Waals surface area contributed by atoms with Gasteiger partial charge in [0.05, 0.1) is 12.2 Å². The lowest BCUT2D eigenvalue weighted by molar-refractivity contribution is -0.121. The minimum absolute atomic E-state index is 0.0416. The van der Waals surface area contributed by atoms with Crippen LogP contribution in [0.5, 0.6) is 11.5 Å². The highest BCUT2D eigenvalue weighted by Crippen LogP contribution is 2.35. The predicted molar refractivity (Wildman–Crippen MR) is 124 cm³/mol. The van der Waals surface area contributed by atoms with Crippen LogP contribution in [0.15, 0.2) is 60.7 Å². The van der Waals surface area contributed by atoms with Crippen molar-refractivity contribution in [3.8, 4) is 11.5 Å². The topological polar surface area (TPSA) is 77.1 Å². The molecule has 32 heavy (non-hydrogen) atoms. The number of fused-ring (bicyclic) bond motifs is 2. The van der Waals surface area contributed by atoms with Gasteiger partial charge >= 0.3 is 6.09 Å². The van der Waals surface area contributed by atoms with Gasteiger partial charge in [-0.25, -0.2) is 4.79 Å². The molecular formula is C25H26N2O5. The van der Waals surface area contributed by atoms with Crippen molar-refractivity contribution in [1.82, 2.24) is 0 Å². The van der Waals surface area contributed by atoms with Crippen LogP contribution in [-0.4, -0.2) is 37.4 Å². The summed E-state index contributed by atoms with van der Waals surface area (Å²) in [6.07, 6.45) is -0.564. The first-order valence-corrected chi connectivity index (χ1v) is 10.5. The first-order valence-electron chi connectivity index (χ1n) is 10.5. The molecule has 0 spiro atoms. The molecule has 7 nitrogen and oxygen atoms in total. The molecule has 1 aliphatic rings. The monoisotopic (exact) mass is 434 g/mol. The fourth-order valence-electron chi connectivity index (χ4n) is 3.51. The molecule has 0 atom stereocenters. The smallest absolute Gasteiger partial charge is 0.412 e. The van der Waals surface area contributed by atoms with Gasteiger partial charge in [0.25, 0.3) is 5.91 Å². The number of ether oxygens (including phenoxy) is 3. The third-order valence-electron chi connectivity index (χ3n) is 4.87. The Labute approximate surface area is 186 Å². The molecule has 166 valence electrons. The van der Waals surface area contributed by atoms with Gasteiger partial charge in [0.1, 0.15) is 23.7 Å². The number of nitrogens with one attached hydrogen (secondary N) is 1. The summed E-state index contributed by atoms with van der Waals surface area (Å²) in [5, 5.41) is 4.81. The van der Waals surface area contributed by atoms with E-state index in [9.17, 15) is 9.59 Å².